The summed E-state index contributed by atoms with van der Waals surface area (Å²) >= 11 is 0. The minimum absolute atomic E-state index is 0.459. The van der Waals surface area contributed by atoms with Gasteiger partial charge in [-0.25, -0.2) is 8.42 Å². The highest BCUT2D eigenvalue weighted by atomic mass is 32.2. The molecule has 2 N–H and O–H groups in total. The number of pyridine rings is 1. The number of aromatic nitrogens is 1. The zero-order valence-electron chi connectivity index (χ0n) is 10.8. The largest absolute Gasteiger partial charge is 0.326 e. The zero-order chi connectivity index (χ0) is 13.3. The van der Waals surface area contributed by atoms with Gasteiger partial charge in [0.15, 0.2) is 9.84 Å². The molecule has 1 aromatic heterocycles. The molecule has 0 fully saturated rings. The molecule has 96 valence electrons. The molecule has 1 rings (SSSR count). The normalized spacial score (nSPS) is 14.6. The molecule has 1 atom stereocenters. The SMILES string of the molecule is Cc1ccc(CC(N)C(C)(C)S(C)(=O)=O)nc1. The molecule has 1 heterocycles. The summed E-state index contributed by atoms with van der Waals surface area (Å²) in [6.07, 6.45) is 3.44. The van der Waals surface area contributed by atoms with E-state index in [-0.39, 0.29) is 0 Å². The van der Waals surface area contributed by atoms with Crippen molar-refractivity contribution in [2.24, 2.45) is 5.73 Å². The van der Waals surface area contributed by atoms with Crippen LogP contribution in [0, 0.1) is 6.92 Å². The first kappa shape index (κ1) is 14.1. The molecule has 0 spiro atoms. The molecule has 0 aromatic carbocycles. The second kappa shape index (κ2) is 4.74. The second-order valence-corrected chi connectivity index (χ2v) is 7.61. The van der Waals surface area contributed by atoms with Gasteiger partial charge in [-0.15, -0.1) is 0 Å². The monoisotopic (exact) mass is 256 g/mol. The van der Waals surface area contributed by atoms with E-state index < -0.39 is 20.6 Å². The maximum Gasteiger partial charge on any atom is 0.154 e. The number of hydrogen-bond acceptors (Lipinski definition) is 4. The average molecular weight is 256 g/mol. The second-order valence-electron chi connectivity index (χ2n) is 5.01. The van der Waals surface area contributed by atoms with Gasteiger partial charge in [0.05, 0.1) is 4.75 Å². The molecule has 0 aliphatic heterocycles. The molecular weight excluding hydrogens is 236 g/mol. The fourth-order valence-corrected chi connectivity index (χ4v) is 2.00. The van der Waals surface area contributed by atoms with Crippen molar-refractivity contribution < 1.29 is 8.42 Å². The van der Waals surface area contributed by atoms with E-state index in [9.17, 15) is 8.42 Å². The van der Waals surface area contributed by atoms with Gasteiger partial charge in [-0.05, 0) is 32.4 Å². The first-order chi connectivity index (χ1) is 7.64. The van der Waals surface area contributed by atoms with Crippen LogP contribution in [0.5, 0.6) is 0 Å². The quantitative estimate of drug-likeness (QED) is 0.875. The summed E-state index contributed by atoms with van der Waals surface area (Å²) < 4.78 is 22.3. The number of hydrogen-bond donors (Lipinski definition) is 1. The van der Waals surface area contributed by atoms with Gasteiger partial charge < -0.3 is 5.73 Å². The summed E-state index contributed by atoms with van der Waals surface area (Å²) in [6, 6.07) is 3.36. The van der Waals surface area contributed by atoms with Crippen LogP contribution in [-0.2, 0) is 16.3 Å². The van der Waals surface area contributed by atoms with Crippen LogP contribution in [-0.4, -0.2) is 30.4 Å². The lowest BCUT2D eigenvalue weighted by Gasteiger charge is -2.29. The summed E-state index contributed by atoms with van der Waals surface area (Å²) in [5, 5.41) is 0. The Morgan fingerprint density at radius 1 is 1.41 bits per heavy atom. The number of rotatable bonds is 4. The van der Waals surface area contributed by atoms with Crippen molar-refractivity contribution in [1.29, 1.82) is 0 Å². The van der Waals surface area contributed by atoms with Crippen molar-refractivity contribution in [2.75, 3.05) is 6.26 Å². The third kappa shape index (κ3) is 3.26. The average Bonchev–Trinajstić information content (AvgIpc) is 2.19. The maximum absolute atomic E-state index is 11.6. The molecular formula is C12H20N2O2S. The standard InChI is InChI=1S/C12H20N2O2S/c1-9-5-6-10(14-8-9)7-11(13)12(2,3)17(4,15)16/h5-6,8,11H,7,13H2,1-4H3. The molecule has 0 aliphatic rings. The van der Waals surface area contributed by atoms with E-state index in [0.29, 0.717) is 6.42 Å². The topological polar surface area (TPSA) is 73.1 Å². The van der Waals surface area contributed by atoms with Gasteiger partial charge in [0.1, 0.15) is 0 Å². The minimum Gasteiger partial charge on any atom is -0.326 e. The number of sulfone groups is 1. The van der Waals surface area contributed by atoms with Crippen LogP contribution in [0.3, 0.4) is 0 Å². The van der Waals surface area contributed by atoms with Crippen LogP contribution in [0.4, 0.5) is 0 Å². The van der Waals surface area contributed by atoms with E-state index in [1.54, 1.807) is 20.0 Å². The Bertz CT molecular complexity index is 478. The van der Waals surface area contributed by atoms with Crippen molar-refractivity contribution in [2.45, 2.75) is 38.0 Å². The van der Waals surface area contributed by atoms with Crippen molar-refractivity contribution in [3.63, 3.8) is 0 Å². The summed E-state index contributed by atoms with van der Waals surface area (Å²) in [5.74, 6) is 0. The van der Waals surface area contributed by atoms with Crippen molar-refractivity contribution >= 4 is 9.84 Å². The lowest BCUT2D eigenvalue weighted by molar-refractivity contribution is 0.479. The Balaban J connectivity index is 2.86. The van der Waals surface area contributed by atoms with Crippen LogP contribution < -0.4 is 5.73 Å². The van der Waals surface area contributed by atoms with Gasteiger partial charge in [0.2, 0.25) is 0 Å². The fraction of sp³-hybridized carbons (Fsp3) is 0.583. The van der Waals surface area contributed by atoms with Crippen molar-refractivity contribution in [1.82, 2.24) is 4.98 Å². The molecule has 0 bridgehead atoms. The molecule has 0 radical (unpaired) electrons. The summed E-state index contributed by atoms with van der Waals surface area (Å²) in [7, 11) is -3.18. The summed E-state index contributed by atoms with van der Waals surface area (Å²) in [5.41, 5.74) is 7.88. The highest BCUT2D eigenvalue weighted by molar-refractivity contribution is 7.92. The summed E-state index contributed by atoms with van der Waals surface area (Å²) in [6.45, 7) is 5.26. The molecule has 5 heteroatoms. The van der Waals surface area contributed by atoms with Gasteiger partial charge in [-0.1, -0.05) is 6.07 Å². The Labute approximate surface area is 103 Å². The Kier molecular flexibility index (Phi) is 3.94. The van der Waals surface area contributed by atoms with Gasteiger partial charge in [-0.3, -0.25) is 4.98 Å². The molecule has 4 nitrogen and oxygen atoms in total. The predicted octanol–water partition coefficient (Wildman–Crippen LogP) is 1.08. The van der Waals surface area contributed by atoms with Crippen molar-refractivity contribution in [3.8, 4) is 0 Å². The molecule has 1 aromatic rings. The van der Waals surface area contributed by atoms with Gasteiger partial charge in [0.25, 0.3) is 0 Å². The van der Waals surface area contributed by atoms with Crippen LogP contribution in [0.25, 0.3) is 0 Å². The zero-order valence-corrected chi connectivity index (χ0v) is 11.6. The smallest absolute Gasteiger partial charge is 0.154 e. The van der Waals surface area contributed by atoms with Crippen LogP contribution in [0.1, 0.15) is 25.1 Å². The first-order valence-electron chi connectivity index (χ1n) is 5.51. The lowest BCUT2D eigenvalue weighted by Crippen LogP contribution is -2.50. The van der Waals surface area contributed by atoms with Crippen LogP contribution in [0.15, 0.2) is 18.3 Å². The van der Waals surface area contributed by atoms with E-state index in [0.717, 1.165) is 11.3 Å². The maximum atomic E-state index is 11.6. The molecule has 1 unspecified atom stereocenters. The van der Waals surface area contributed by atoms with E-state index in [1.165, 1.54) is 6.26 Å². The Hall–Kier alpha value is -0.940. The fourth-order valence-electron chi connectivity index (χ4n) is 1.37. The number of aryl methyl sites for hydroxylation is 1. The van der Waals surface area contributed by atoms with E-state index in [2.05, 4.69) is 4.98 Å². The predicted molar refractivity (Wildman–Crippen MR) is 69.6 cm³/mol. The van der Waals surface area contributed by atoms with Gasteiger partial charge >= 0.3 is 0 Å². The molecule has 17 heavy (non-hydrogen) atoms. The third-order valence-electron chi connectivity index (χ3n) is 3.25. The number of nitrogens with two attached hydrogens (primary N) is 1. The number of nitrogens with zero attached hydrogens (tertiary/aromatic N) is 1. The van der Waals surface area contributed by atoms with Gasteiger partial charge in [-0.2, -0.15) is 0 Å². The van der Waals surface area contributed by atoms with Crippen LogP contribution >= 0.6 is 0 Å². The molecule has 0 saturated carbocycles. The van der Waals surface area contributed by atoms with Crippen molar-refractivity contribution in [3.05, 3.63) is 29.6 Å². The highest BCUT2D eigenvalue weighted by Gasteiger charge is 2.36. The van der Waals surface area contributed by atoms with Gasteiger partial charge in [0, 0.05) is 30.6 Å². The first-order valence-corrected chi connectivity index (χ1v) is 7.40. The lowest BCUT2D eigenvalue weighted by atomic mass is 9.99. The van der Waals surface area contributed by atoms with Crippen LogP contribution in [0.2, 0.25) is 0 Å². The molecule has 0 saturated heterocycles. The molecule has 0 aliphatic carbocycles. The minimum atomic E-state index is -3.18. The highest BCUT2D eigenvalue weighted by Crippen LogP contribution is 2.21. The molecule has 0 amide bonds. The Morgan fingerprint density at radius 3 is 2.41 bits per heavy atom. The van der Waals surface area contributed by atoms with E-state index in [1.807, 2.05) is 19.1 Å². The Morgan fingerprint density at radius 2 is 2.00 bits per heavy atom. The third-order valence-corrected chi connectivity index (χ3v) is 5.46. The summed E-state index contributed by atoms with van der Waals surface area (Å²) in [4.78, 5) is 4.24. The van der Waals surface area contributed by atoms with E-state index >= 15 is 0 Å². The van der Waals surface area contributed by atoms with E-state index in [4.69, 9.17) is 5.73 Å².